The standard InChI is InChI=1S/C24H21ClN6OS/c1-12-11-27-21-20-13-4-5-15(16-10-18(25)31-19(30-16)8-9-24(2,3)26)29-14(13)6-7-17(20)33-22(21)23(32)28-12/h4-7,10,12,27H,11,26H2,1-3H3,(H,28,32)/t12-/m1/s1. The molecule has 0 bridgehead atoms. The minimum Gasteiger partial charge on any atom is -0.381 e. The molecule has 0 radical (unpaired) electrons. The predicted octanol–water partition coefficient (Wildman–Crippen LogP) is 4.19. The van der Waals surface area contributed by atoms with Gasteiger partial charge in [-0.25, -0.2) is 15.0 Å². The fraction of sp³-hybridized carbons (Fsp3) is 0.250. The molecule has 4 N–H and O–H groups in total. The molecule has 166 valence electrons. The van der Waals surface area contributed by atoms with Gasteiger partial charge in [0.1, 0.15) is 10.0 Å². The molecule has 0 spiro atoms. The van der Waals surface area contributed by atoms with Crippen LogP contribution in [-0.4, -0.2) is 39.0 Å². The van der Waals surface area contributed by atoms with E-state index in [4.69, 9.17) is 22.3 Å². The van der Waals surface area contributed by atoms with E-state index < -0.39 is 5.54 Å². The number of hydrogen-bond acceptors (Lipinski definition) is 7. The van der Waals surface area contributed by atoms with Gasteiger partial charge in [-0.05, 0) is 51.0 Å². The van der Waals surface area contributed by atoms with Crippen LogP contribution in [0.15, 0.2) is 30.3 Å². The van der Waals surface area contributed by atoms with Crippen LogP contribution in [0.3, 0.4) is 0 Å². The Morgan fingerprint density at radius 3 is 2.79 bits per heavy atom. The number of thiophene rings is 1. The summed E-state index contributed by atoms with van der Waals surface area (Å²) in [6.07, 6.45) is 0. The largest absolute Gasteiger partial charge is 0.381 e. The molecule has 33 heavy (non-hydrogen) atoms. The molecule has 4 aromatic rings. The zero-order chi connectivity index (χ0) is 23.3. The maximum Gasteiger partial charge on any atom is 0.263 e. The summed E-state index contributed by atoms with van der Waals surface area (Å²) in [5.74, 6) is 6.05. The van der Waals surface area contributed by atoms with Crippen molar-refractivity contribution in [3.05, 3.63) is 46.2 Å². The van der Waals surface area contributed by atoms with Gasteiger partial charge in [-0.15, -0.1) is 11.3 Å². The molecule has 0 aliphatic carbocycles. The number of fused-ring (bicyclic) bond motifs is 5. The van der Waals surface area contributed by atoms with Crippen molar-refractivity contribution in [1.29, 1.82) is 0 Å². The third kappa shape index (κ3) is 4.23. The van der Waals surface area contributed by atoms with Crippen LogP contribution in [0.2, 0.25) is 5.15 Å². The first-order valence-corrected chi connectivity index (χ1v) is 11.7. The average molecular weight is 477 g/mol. The SMILES string of the molecule is C[C@@H]1CNc2c(sc3ccc4nc(-c5cc(Cl)nc(C#CC(C)(C)N)n5)ccc4c23)C(=O)N1. The summed E-state index contributed by atoms with van der Waals surface area (Å²) in [6, 6.07) is 9.57. The Labute approximate surface area is 199 Å². The van der Waals surface area contributed by atoms with Gasteiger partial charge >= 0.3 is 0 Å². The highest BCUT2D eigenvalue weighted by molar-refractivity contribution is 7.21. The van der Waals surface area contributed by atoms with Crippen LogP contribution in [0.25, 0.3) is 32.4 Å². The van der Waals surface area contributed by atoms with Gasteiger partial charge < -0.3 is 16.4 Å². The number of benzene rings is 1. The second-order valence-electron chi connectivity index (χ2n) is 8.63. The summed E-state index contributed by atoms with van der Waals surface area (Å²) in [4.78, 5) is 26.9. The van der Waals surface area contributed by atoms with Crippen LogP contribution in [0.1, 0.15) is 36.3 Å². The Hall–Kier alpha value is -3.25. The maximum absolute atomic E-state index is 12.6. The highest BCUT2D eigenvalue weighted by Gasteiger charge is 2.24. The van der Waals surface area contributed by atoms with Gasteiger partial charge in [0.25, 0.3) is 5.91 Å². The number of carbonyl (C=O) groups is 1. The van der Waals surface area contributed by atoms with E-state index in [1.54, 1.807) is 19.9 Å². The Morgan fingerprint density at radius 2 is 2.00 bits per heavy atom. The van der Waals surface area contributed by atoms with E-state index in [1.807, 2.05) is 31.2 Å². The van der Waals surface area contributed by atoms with Gasteiger partial charge in [0, 0.05) is 34.1 Å². The molecular weight excluding hydrogens is 456 g/mol. The quantitative estimate of drug-likeness (QED) is 0.281. The highest BCUT2D eigenvalue weighted by Crippen LogP contribution is 2.41. The first-order valence-electron chi connectivity index (χ1n) is 10.5. The summed E-state index contributed by atoms with van der Waals surface area (Å²) in [7, 11) is 0. The molecule has 9 heteroatoms. The second kappa shape index (κ2) is 7.96. The molecule has 1 aliphatic rings. The third-order valence-corrected chi connectivity index (χ3v) is 6.49. The summed E-state index contributed by atoms with van der Waals surface area (Å²) in [5, 5.41) is 8.71. The van der Waals surface area contributed by atoms with Crippen LogP contribution in [0.5, 0.6) is 0 Å². The Bertz CT molecular complexity index is 1490. The molecular formula is C24H21ClN6OS. The normalized spacial score (nSPS) is 15.9. The van der Waals surface area contributed by atoms with E-state index in [0.29, 0.717) is 28.6 Å². The van der Waals surface area contributed by atoms with Crippen LogP contribution >= 0.6 is 22.9 Å². The van der Waals surface area contributed by atoms with Gasteiger partial charge in [-0.1, -0.05) is 17.5 Å². The van der Waals surface area contributed by atoms with Crippen LogP contribution in [0.4, 0.5) is 5.69 Å². The topological polar surface area (TPSA) is 106 Å². The number of pyridine rings is 1. The van der Waals surface area contributed by atoms with E-state index in [-0.39, 0.29) is 17.1 Å². The molecule has 0 fully saturated rings. The predicted molar refractivity (Wildman–Crippen MR) is 134 cm³/mol. The molecule has 4 heterocycles. The summed E-state index contributed by atoms with van der Waals surface area (Å²) < 4.78 is 1.03. The van der Waals surface area contributed by atoms with Crippen LogP contribution in [0, 0.1) is 11.8 Å². The fourth-order valence-electron chi connectivity index (χ4n) is 3.69. The molecule has 5 rings (SSSR count). The van der Waals surface area contributed by atoms with Crippen molar-refractivity contribution < 1.29 is 4.79 Å². The molecule has 0 saturated carbocycles. The van der Waals surface area contributed by atoms with Crippen molar-refractivity contribution in [2.75, 3.05) is 11.9 Å². The lowest BCUT2D eigenvalue weighted by Crippen LogP contribution is -2.34. The Balaban J connectivity index is 1.63. The van der Waals surface area contributed by atoms with E-state index in [1.165, 1.54) is 11.3 Å². The summed E-state index contributed by atoms with van der Waals surface area (Å²) >= 11 is 7.71. The minimum absolute atomic E-state index is 0.0497. The number of halogens is 1. The van der Waals surface area contributed by atoms with Gasteiger partial charge in [0.15, 0.2) is 0 Å². The highest BCUT2D eigenvalue weighted by atomic mass is 35.5. The van der Waals surface area contributed by atoms with E-state index >= 15 is 0 Å². The molecule has 0 saturated heterocycles. The van der Waals surface area contributed by atoms with Gasteiger partial charge in [0.2, 0.25) is 5.82 Å². The molecule has 0 unspecified atom stereocenters. The third-order valence-electron chi connectivity index (χ3n) is 5.14. The number of nitrogens with two attached hydrogens (primary N) is 1. The van der Waals surface area contributed by atoms with Crippen molar-refractivity contribution >= 4 is 55.5 Å². The molecule has 1 atom stereocenters. The number of anilines is 1. The maximum atomic E-state index is 12.6. The number of nitrogens with zero attached hydrogens (tertiary/aromatic N) is 3. The minimum atomic E-state index is -0.667. The second-order valence-corrected chi connectivity index (χ2v) is 10.1. The van der Waals surface area contributed by atoms with Crippen molar-refractivity contribution in [2.45, 2.75) is 32.4 Å². The van der Waals surface area contributed by atoms with Crippen molar-refractivity contribution in [3.8, 4) is 23.2 Å². The molecule has 7 nitrogen and oxygen atoms in total. The molecule has 1 aromatic carbocycles. The zero-order valence-corrected chi connectivity index (χ0v) is 19.9. The summed E-state index contributed by atoms with van der Waals surface area (Å²) in [6.45, 7) is 6.26. The number of rotatable bonds is 1. The number of amides is 1. The molecule has 1 amide bonds. The van der Waals surface area contributed by atoms with Gasteiger partial charge in [-0.3, -0.25) is 4.79 Å². The molecule has 3 aromatic heterocycles. The van der Waals surface area contributed by atoms with Crippen LogP contribution < -0.4 is 16.4 Å². The number of nitrogens with one attached hydrogen (secondary N) is 2. The van der Waals surface area contributed by atoms with Crippen molar-refractivity contribution in [2.24, 2.45) is 5.73 Å². The first kappa shape index (κ1) is 21.6. The summed E-state index contributed by atoms with van der Waals surface area (Å²) in [5.41, 5.74) is 8.16. The zero-order valence-electron chi connectivity index (χ0n) is 18.3. The van der Waals surface area contributed by atoms with E-state index in [2.05, 4.69) is 32.4 Å². The number of hydrogen-bond donors (Lipinski definition) is 3. The van der Waals surface area contributed by atoms with E-state index in [0.717, 1.165) is 26.7 Å². The number of aromatic nitrogens is 3. The lowest BCUT2D eigenvalue weighted by molar-refractivity contribution is 0.0949. The average Bonchev–Trinajstić information content (AvgIpc) is 3.08. The fourth-order valence-corrected chi connectivity index (χ4v) is 4.97. The first-order chi connectivity index (χ1) is 15.7. The van der Waals surface area contributed by atoms with Gasteiger partial charge in [0.05, 0.1) is 28.1 Å². The lowest BCUT2D eigenvalue weighted by atomic mass is 10.1. The molecule has 1 aliphatic heterocycles. The van der Waals surface area contributed by atoms with E-state index in [9.17, 15) is 4.79 Å². The van der Waals surface area contributed by atoms with Gasteiger partial charge in [-0.2, -0.15) is 0 Å². The van der Waals surface area contributed by atoms with Crippen molar-refractivity contribution in [3.63, 3.8) is 0 Å². The van der Waals surface area contributed by atoms with Crippen molar-refractivity contribution in [1.82, 2.24) is 20.3 Å². The Kier molecular flexibility index (Phi) is 5.20. The smallest absolute Gasteiger partial charge is 0.263 e. The Morgan fingerprint density at radius 1 is 1.18 bits per heavy atom. The number of carbonyl (C=O) groups excluding carboxylic acids is 1. The monoisotopic (exact) mass is 476 g/mol. The van der Waals surface area contributed by atoms with Crippen LogP contribution in [-0.2, 0) is 0 Å². The lowest BCUT2D eigenvalue weighted by Gasteiger charge is -2.10.